The molecule has 1 saturated heterocycles. The highest BCUT2D eigenvalue weighted by Gasteiger charge is 2.30. The van der Waals surface area contributed by atoms with E-state index in [9.17, 15) is 9.59 Å². The van der Waals surface area contributed by atoms with Gasteiger partial charge in [0.1, 0.15) is 12.4 Å². The number of ether oxygens (including phenoxy) is 2. The Labute approximate surface area is 105 Å². The van der Waals surface area contributed by atoms with Gasteiger partial charge in [-0.15, -0.1) is 0 Å². The highest BCUT2D eigenvalue weighted by Crippen LogP contribution is 2.29. The SMILES string of the molecule is CC(C)Oc1ccccc1N1CCOC(=O)C1=O. The predicted molar refractivity (Wildman–Crippen MR) is 65.5 cm³/mol. The summed E-state index contributed by atoms with van der Waals surface area (Å²) in [6.07, 6.45) is -0.00186. The van der Waals surface area contributed by atoms with Crippen molar-refractivity contribution in [1.82, 2.24) is 0 Å². The van der Waals surface area contributed by atoms with Crippen LogP contribution in [0, 0.1) is 0 Å². The molecule has 5 heteroatoms. The third-order valence-corrected chi connectivity index (χ3v) is 2.49. The number of amides is 1. The van der Waals surface area contributed by atoms with Crippen LogP contribution in [0.15, 0.2) is 24.3 Å². The fraction of sp³-hybridized carbons (Fsp3) is 0.385. The van der Waals surface area contributed by atoms with E-state index in [2.05, 4.69) is 0 Å². The van der Waals surface area contributed by atoms with Gasteiger partial charge in [-0.05, 0) is 26.0 Å². The summed E-state index contributed by atoms with van der Waals surface area (Å²) in [6, 6.07) is 7.17. The second-order valence-electron chi connectivity index (χ2n) is 4.23. The molecule has 2 rings (SSSR count). The molecule has 96 valence electrons. The lowest BCUT2D eigenvalue weighted by Crippen LogP contribution is -2.45. The number of carbonyl (C=O) groups excluding carboxylic acids is 2. The Bertz CT molecular complexity index is 470. The van der Waals surface area contributed by atoms with Crippen molar-refractivity contribution in [2.75, 3.05) is 18.1 Å². The average molecular weight is 249 g/mol. The molecule has 0 aliphatic carbocycles. The molecule has 1 amide bonds. The predicted octanol–water partition coefficient (Wildman–Crippen LogP) is 1.36. The summed E-state index contributed by atoms with van der Waals surface area (Å²) in [7, 11) is 0. The van der Waals surface area contributed by atoms with Crippen molar-refractivity contribution in [3.63, 3.8) is 0 Å². The minimum absolute atomic E-state index is 0.00186. The van der Waals surface area contributed by atoms with Crippen molar-refractivity contribution < 1.29 is 19.1 Å². The number of esters is 1. The molecule has 1 aliphatic heterocycles. The third-order valence-electron chi connectivity index (χ3n) is 2.49. The molecule has 0 saturated carbocycles. The van der Waals surface area contributed by atoms with E-state index in [0.717, 1.165) is 0 Å². The first-order valence-electron chi connectivity index (χ1n) is 5.84. The molecule has 0 N–H and O–H groups in total. The number of cyclic esters (lactones) is 1. The topological polar surface area (TPSA) is 55.8 Å². The number of rotatable bonds is 3. The molecule has 0 spiro atoms. The van der Waals surface area contributed by atoms with E-state index in [4.69, 9.17) is 9.47 Å². The van der Waals surface area contributed by atoms with Gasteiger partial charge in [0.05, 0.1) is 18.3 Å². The van der Waals surface area contributed by atoms with E-state index < -0.39 is 11.9 Å². The summed E-state index contributed by atoms with van der Waals surface area (Å²) < 4.78 is 10.3. The number of para-hydroxylation sites is 2. The summed E-state index contributed by atoms with van der Waals surface area (Å²) in [5, 5.41) is 0. The van der Waals surface area contributed by atoms with Gasteiger partial charge in [0.15, 0.2) is 0 Å². The van der Waals surface area contributed by atoms with E-state index in [1.807, 2.05) is 19.9 Å². The van der Waals surface area contributed by atoms with Crippen LogP contribution in [0.1, 0.15) is 13.8 Å². The number of hydrogen-bond donors (Lipinski definition) is 0. The smallest absolute Gasteiger partial charge is 0.397 e. The Kier molecular flexibility index (Phi) is 3.50. The molecule has 0 unspecified atom stereocenters. The lowest BCUT2D eigenvalue weighted by molar-refractivity contribution is -0.156. The molecule has 1 aromatic rings. The van der Waals surface area contributed by atoms with Gasteiger partial charge in [-0.3, -0.25) is 9.69 Å². The first-order valence-corrected chi connectivity index (χ1v) is 5.84. The molecule has 1 heterocycles. The summed E-state index contributed by atoms with van der Waals surface area (Å²) >= 11 is 0. The highest BCUT2D eigenvalue weighted by atomic mass is 16.5. The van der Waals surface area contributed by atoms with Crippen LogP contribution < -0.4 is 9.64 Å². The van der Waals surface area contributed by atoms with Crippen LogP contribution in [0.25, 0.3) is 0 Å². The zero-order chi connectivity index (χ0) is 13.1. The van der Waals surface area contributed by atoms with Crippen molar-refractivity contribution in [2.24, 2.45) is 0 Å². The van der Waals surface area contributed by atoms with Crippen molar-refractivity contribution in [2.45, 2.75) is 20.0 Å². The zero-order valence-electron chi connectivity index (χ0n) is 10.4. The highest BCUT2D eigenvalue weighted by molar-refractivity contribution is 6.38. The lowest BCUT2D eigenvalue weighted by Gasteiger charge is -2.27. The number of nitrogens with zero attached hydrogens (tertiary/aromatic N) is 1. The molecule has 0 aromatic heterocycles. The van der Waals surface area contributed by atoms with Crippen LogP contribution >= 0.6 is 0 Å². The van der Waals surface area contributed by atoms with Crippen LogP contribution in [-0.2, 0) is 14.3 Å². The van der Waals surface area contributed by atoms with Gasteiger partial charge in [0.2, 0.25) is 0 Å². The van der Waals surface area contributed by atoms with Crippen LogP contribution in [0.3, 0.4) is 0 Å². The zero-order valence-corrected chi connectivity index (χ0v) is 10.4. The molecule has 0 atom stereocenters. The molecule has 1 fully saturated rings. The van der Waals surface area contributed by atoms with Gasteiger partial charge < -0.3 is 9.47 Å². The van der Waals surface area contributed by atoms with E-state index in [-0.39, 0.29) is 12.7 Å². The van der Waals surface area contributed by atoms with Gasteiger partial charge in [-0.1, -0.05) is 12.1 Å². The number of benzene rings is 1. The van der Waals surface area contributed by atoms with E-state index >= 15 is 0 Å². The summed E-state index contributed by atoms with van der Waals surface area (Å²) in [4.78, 5) is 24.4. The Hall–Kier alpha value is -2.04. The number of carbonyl (C=O) groups is 2. The summed E-state index contributed by atoms with van der Waals surface area (Å²) in [6.45, 7) is 4.37. The second-order valence-corrected chi connectivity index (χ2v) is 4.23. The van der Waals surface area contributed by atoms with Gasteiger partial charge in [0.25, 0.3) is 0 Å². The molecule has 5 nitrogen and oxygen atoms in total. The van der Waals surface area contributed by atoms with E-state index in [1.165, 1.54) is 4.90 Å². The van der Waals surface area contributed by atoms with Gasteiger partial charge >= 0.3 is 11.9 Å². The average Bonchev–Trinajstić information content (AvgIpc) is 2.33. The minimum atomic E-state index is -0.819. The minimum Gasteiger partial charge on any atom is -0.489 e. The van der Waals surface area contributed by atoms with Crippen molar-refractivity contribution in [3.8, 4) is 5.75 Å². The Balaban J connectivity index is 2.32. The first-order chi connectivity index (χ1) is 8.59. The van der Waals surface area contributed by atoms with Crippen LogP contribution in [0.2, 0.25) is 0 Å². The fourth-order valence-electron chi connectivity index (χ4n) is 1.77. The van der Waals surface area contributed by atoms with Crippen molar-refractivity contribution >= 4 is 17.6 Å². The normalized spacial score (nSPS) is 15.8. The first kappa shape index (κ1) is 12.4. The molecular weight excluding hydrogens is 234 g/mol. The molecule has 0 bridgehead atoms. The van der Waals surface area contributed by atoms with Gasteiger partial charge in [0, 0.05) is 0 Å². The molecule has 1 aliphatic rings. The van der Waals surface area contributed by atoms with Crippen LogP contribution in [0.5, 0.6) is 5.75 Å². The number of hydrogen-bond acceptors (Lipinski definition) is 4. The molecular formula is C13H15NO4. The fourth-order valence-corrected chi connectivity index (χ4v) is 1.77. The quantitative estimate of drug-likeness (QED) is 0.599. The van der Waals surface area contributed by atoms with Crippen molar-refractivity contribution in [1.29, 1.82) is 0 Å². The monoisotopic (exact) mass is 249 g/mol. The second kappa shape index (κ2) is 5.08. The van der Waals surface area contributed by atoms with E-state index in [0.29, 0.717) is 18.0 Å². The maximum absolute atomic E-state index is 11.8. The van der Waals surface area contributed by atoms with Crippen molar-refractivity contribution in [3.05, 3.63) is 24.3 Å². The summed E-state index contributed by atoms with van der Waals surface area (Å²) in [5.74, 6) is -0.878. The molecule has 0 radical (unpaired) electrons. The van der Waals surface area contributed by atoms with E-state index in [1.54, 1.807) is 18.2 Å². The maximum Gasteiger partial charge on any atom is 0.397 e. The van der Waals surface area contributed by atoms with Crippen LogP contribution in [-0.4, -0.2) is 31.1 Å². The maximum atomic E-state index is 11.8. The Morgan fingerprint density at radius 3 is 2.72 bits per heavy atom. The standard InChI is InChI=1S/C13H15NO4/c1-9(2)18-11-6-4-3-5-10(11)14-7-8-17-13(16)12(14)15/h3-6,9H,7-8H2,1-2H3. The lowest BCUT2D eigenvalue weighted by atomic mass is 10.2. The Morgan fingerprint density at radius 1 is 1.28 bits per heavy atom. The number of morpholine rings is 1. The van der Waals surface area contributed by atoms with Crippen LogP contribution in [0.4, 0.5) is 5.69 Å². The third kappa shape index (κ3) is 2.45. The largest absolute Gasteiger partial charge is 0.489 e. The van der Waals surface area contributed by atoms with Gasteiger partial charge in [-0.25, -0.2) is 4.79 Å². The molecule has 1 aromatic carbocycles. The Morgan fingerprint density at radius 2 is 2.00 bits per heavy atom. The number of anilines is 1. The summed E-state index contributed by atoms with van der Waals surface area (Å²) in [5.41, 5.74) is 0.604. The molecule has 18 heavy (non-hydrogen) atoms. The van der Waals surface area contributed by atoms with Gasteiger partial charge in [-0.2, -0.15) is 0 Å².